The Kier molecular flexibility index (Phi) is 4.05. The van der Waals surface area contributed by atoms with Crippen molar-refractivity contribution in [2.75, 3.05) is 13.2 Å². The number of carbonyl (C=O) groups excluding carboxylic acids is 1. The molecule has 1 saturated carbocycles. The van der Waals surface area contributed by atoms with E-state index >= 15 is 0 Å². The van der Waals surface area contributed by atoms with E-state index < -0.39 is 6.04 Å². The van der Waals surface area contributed by atoms with E-state index in [9.17, 15) is 4.79 Å². The molecule has 1 aliphatic heterocycles. The summed E-state index contributed by atoms with van der Waals surface area (Å²) in [6.45, 7) is 2.95. The molecule has 2 atom stereocenters. The van der Waals surface area contributed by atoms with Crippen molar-refractivity contribution in [3.05, 3.63) is 0 Å². The lowest BCUT2D eigenvalue weighted by atomic mass is 9.81. The molecular formula is C13H23NO3. The summed E-state index contributed by atoms with van der Waals surface area (Å²) in [6, 6.07) is -0.476. The Labute approximate surface area is 103 Å². The molecule has 0 bridgehead atoms. The number of esters is 1. The van der Waals surface area contributed by atoms with E-state index in [1.54, 1.807) is 0 Å². The van der Waals surface area contributed by atoms with Crippen LogP contribution in [0.3, 0.4) is 0 Å². The molecule has 0 amide bonds. The minimum atomic E-state index is -0.476. The Bertz CT molecular complexity index is 274. The zero-order valence-corrected chi connectivity index (χ0v) is 10.6. The van der Waals surface area contributed by atoms with E-state index in [4.69, 9.17) is 15.2 Å². The van der Waals surface area contributed by atoms with Crippen LogP contribution in [0.2, 0.25) is 0 Å². The van der Waals surface area contributed by atoms with Gasteiger partial charge in [-0.1, -0.05) is 12.8 Å². The third-order valence-electron chi connectivity index (χ3n) is 4.11. The summed E-state index contributed by atoms with van der Waals surface area (Å²) in [7, 11) is 0. The van der Waals surface area contributed by atoms with Crippen molar-refractivity contribution in [2.45, 2.75) is 57.1 Å². The summed E-state index contributed by atoms with van der Waals surface area (Å²) >= 11 is 0. The monoisotopic (exact) mass is 241 g/mol. The van der Waals surface area contributed by atoms with Gasteiger partial charge in [0, 0.05) is 6.61 Å². The van der Waals surface area contributed by atoms with Gasteiger partial charge in [-0.3, -0.25) is 4.79 Å². The molecule has 2 unspecified atom stereocenters. The Morgan fingerprint density at radius 3 is 2.88 bits per heavy atom. The molecular weight excluding hydrogens is 218 g/mol. The van der Waals surface area contributed by atoms with E-state index in [-0.39, 0.29) is 17.5 Å². The Hall–Kier alpha value is -0.610. The summed E-state index contributed by atoms with van der Waals surface area (Å²) in [6.07, 6.45) is 6.52. The molecule has 98 valence electrons. The summed E-state index contributed by atoms with van der Waals surface area (Å²) in [5, 5.41) is 0. The number of rotatable bonds is 3. The number of hydrogen-bond acceptors (Lipinski definition) is 4. The molecule has 1 aliphatic carbocycles. The molecule has 17 heavy (non-hydrogen) atoms. The molecule has 0 aromatic rings. The average molecular weight is 241 g/mol. The molecule has 2 N–H and O–H groups in total. The second kappa shape index (κ2) is 5.36. The van der Waals surface area contributed by atoms with Crippen molar-refractivity contribution in [1.29, 1.82) is 0 Å². The van der Waals surface area contributed by atoms with Gasteiger partial charge in [0.05, 0.1) is 12.2 Å². The van der Waals surface area contributed by atoms with Gasteiger partial charge in [-0.25, -0.2) is 0 Å². The average Bonchev–Trinajstić information content (AvgIpc) is 2.76. The van der Waals surface area contributed by atoms with Gasteiger partial charge in [0.15, 0.2) is 0 Å². The smallest absolute Gasteiger partial charge is 0.323 e. The summed E-state index contributed by atoms with van der Waals surface area (Å²) in [5.74, 6) is -0.0338. The largest absolute Gasteiger partial charge is 0.465 e. The van der Waals surface area contributed by atoms with Crippen LogP contribution < -0.4 is 5.73 Å². The zero-order chi connectivity index (χ0) is 12.3. The highest BCUT2D eigenvalue weighted by atomic mass is 16.5. The van der Waals surface area contributed by atoms with Crippen molar-refractivity contribution in [3.8, 4) is 0 Å². The first-order chi connectivity index (χ1) is 8.17. The van der Waals surface area contributed by atoms with Crippen molar-refractivity contribution >= 4 is 5.97 Å². The second-order valence-corrected chi connectivity index (χ2v) is 5.27. The van der Waals surface area contributed by atoms with Crippen LogP contribution in [0.15, 0.2) is 0 Å². The van der Waals surface area contributed by atoms with Crippen molar-refractivity contribution in [1.82, 2.24) is 0 Å². The van der Waals surface area contributed by atoms with Crippen LogP contribution in [0.4, 0.5) is 0 Å². The Balaban J connectivity index is 1.94. The molecule has 2 fully saturated rings. The third-order valence-corrected chi connectivity index (χ3v) is 4.11. The predicted molar refractivity (Wildman–Crippen MR) is 64.5 cm³/mol. The molecule has 0 aromatic heterocycles. The SMILES string of the molecule is CCOC(=O)C(N)C1CCOC2(CCCC2)C1. The quantitative estimate of drug-likeness (QED) is 0.763. The maximum atomic E-state index is 11.7. The van der Waals surface area contributed by atoms with Gasteiger partial charge in [0.25, 0.3) is 0 Å². The topological polar surface area (TPSA) is 61.5 Å². The normalized spacial score (nSPS) is 29.2. The highest BCUT2D eigenvalue weighted by Gasteiger charge is 2.42. The Morgan fingerprint density at radius 1 is 1.53 bits per heavy atom. The zero-order valence-electron chi connectivity index (χ0n) is 10.6. The lowest BCUT2D eigenvalue weighted by Crippen LogP contribution is -2.47. The maximum absolute atomic E-state index is 11.7. The first-order valence-electron chi connectivity index (χ1n) is 6.73. The van der Waals surface area contributed by atoms with Gasteiger partial charge in [-0.2, -0.15) is 0 Å². The molecule has 1 spiro atoms. The van der Waals surface area contributed by atoms with Crippen molar-refractivity contribution in [3.63, 3.8) is 0 Å². The first kappa shape index (κ1) is 12.8. The lowest BCUT2D eigenvalue weighted by Gasteiger charge is -2.39. The molecule has 1 heterocycles. The fraction of sp³-hybridized carbons (Fsp3) is 0.923. The van der Waals surface area contributed by atoms with Gasteiger partial charge in [-0.05, 0) is 38.5 Å². The molecule has 2 aliphatic rings. The van der Waals surface area contributed by atoms with Gasteiger partial charge < -0.3 is 15.2 Å². The highest BCUT2D eigenvalue weighted by Crippen LogP contribution is 2.42. The summed E-state index contributed by atoms with van der Waals surface area (Å²) < 4.78 is 10.9. The summed E-state index contributed by atoms with van der Waals surface area (Å²) in [5.41, 5.74) is 6.02. The fourth-order valence-electron chi connectivity index (χ4n) is 3.17. The molecule has 4 heteroatoms. The van der Waals surface area contributed by atoms with Crippen LogP contribution in [0.1, 0.15) is 45.4 Å². The third kappa shape index (κ3) is 2.80. The molecule has 4 nitrogen and oxygen atoms in total. The van der Waals surface area contributed by atoms with Gasteiger partial charge in [-0.15, -0.1) is 0 Å². The number of hydrogen-bond donors (Lipinski definition) is 1. The first-order valence-corrected chi connectivity index (χ1v) is 6.73. The minimum absolute atomic E-state index is 0.0209. The van der Waals surface area contributed by atoms with Crippen LogP contribution in [-0.2, 0) is 14.3 Å². The minimum Gasteiger partial charge on any atom is -0.465 e. The number of nitrogens with two attached hydrogens (primary N) is 1. The van der Waals surface area contributed by atoms with Crippen LogP contribution >= 0.6 is 0 Å². The lowest BCUT2D eigenvalue weighted by molar-refractivity contribution is -0.150. The predicted octanol–water partition coefficient (Wildman–Crippen LogP) is 1.62. The maximum Gasteiger partial charge on any atom is 0.323 e. The van der Waals surface area contributed by atoms with Crippen molar-refractivity contribution in [2.24, 2.45) is 11.7 Å². The van der Waals surface area contributed by atoms with Gasteiger partial charge >= 0.3 is 5.97 Å². The fourth-order valence-corrected chi connectivity index (χ4v) is 3.17. The van der Waals surface area contributed by atoms with Crippen molar-refractivity contribution < 1.29 is 14.3 Å². The Morgan fingerprint density at radius 2 is 2.24 bits per heavy atom. The van der Waals surface area contributed by atoms with Gasteiger partial charge in [0.2, 0.25) is 0 Å². The van der Waals surface area contributed by atoms with Crippen LogP contribution in [0, 0.1) is 5.92 Å². The van der Waals surface area contributed by atoms with Crippen LogP contribution in [-0.4, -0.2) is 30.8 Å². The van der Waals surface area contributed by atoms with E-state index in [2.05, 4.69) is 0 Å². The van der Waals surface area contributed by atoms with E-state index in [0.29, 0.717) is 6.61 Å². The number of ether oxygens (including phenoxy) is 2. The van der Waals surface area contributed by atoms with E-state index in [1.165, 1.54) is 12.8 Å². The number of carbonyl (C=O) groups is 1. The van der Waals surface area contributed by atoms with Crippen LogP contribution in [0.5, 0.6) is 0 Å². The molecule has 0 aromatic carbocycles. The highest BCUT2D eigenvalue weighted by molar-refractivity contribution is 5.75. The molecule has 1 saturated heterocycles. The van der Waals surface area contributed by atoms with Crippen LogP contribution in [0.25, 0.3) is 0 Å². The molecule has 0 radical (unpaired) electrons. The second-order valence-electron chi connectivity index (χ2n) is 5.27. The van der Waals surface area contributed by atoms with E-state index in [0.717, 1.165) is 32.3 Å². The van der Waals surface area contributed by atoms with E-state index in [1.807, 2.05) is 6.92 Å². The van der Waals surface area contributed by atoms with Gasteiger partial charge in [0.1, 0.15) is 6.04 Å². The standard InChI is InChI=1S/C13H23NO3/c1-2-16-12(15)11(14)10-5-8-17-13(9-10)6-3-4-7-13/h10-11H,2-9,14H2,1H3. The molecule has 2 rings (SSSR count). The summed E-state index contributed by atoms with van der Waals surface area (Å²) in [4.78, 5) is 11.7.